The summed E-state index contributed by atoms with van der Waals surface area (Å²) in [5, 5.41) is 3.66. The fourth-order valence-electron chi connectivity index (χ4n) is 2.19. The quantitative estimate of drug-likeness (QED) is 0.717. The second kappa shape index (κ2) is 8.16. The first kappa shape index (κ1) is 17.7. The zero-order valence-corrected chi connectivity index (χ0v) is 15.0. The second-order valence-electron chi connectivity index (χ2n) is 6.03. The number of ether oxygens (including phenoxy) is 1. The van der Waals surface area contributed by atoms with E-state index in [4.69, 9.17) is 4.74 Å². The Balaban J connectivity index is 2.82. The third-order valence-electron chi connectivity index (χ3n) is 3.76. The second-order valence-corrected chi connectivity index (χ2v) is 6.89. The van der Waals surface area contributed by atoms with Crippen molar-refractivity contribution in [2.45, 2.75) is 58.6 Å². The molecule has 0 aliphatic carbocycles. The van der Waals surface area contributed by atoms with Crippen LogP contribution in [0.5, 0.6) is 0 Å². The van der Waals surface area contributed by atoms with Crippen molar-refractivity contribution in [3.8, 4) is 0 Å². The molecule has 1 rings (SSSR count). The number of methoxy groups -OCH3 is 1. The Morgan fingerprint density at radius 1 is 1.35 bits per heavy atom. The monoisotopic (exact) mass is 341 g/mol. The molecule has 0 bridgehead atoms. The van der Waals surface area contributed by atoms with Crippen LogP contribution in [0.25, 0.3) is 0 Å². The van der Waals surface area contributed by atoms with Crippen molar-refractivity contribution in [2.75, 3.05) is 13.7 Å². The number of hydrogen-bond donors (Lipinski definition) is 1. The molecule has 20 heavy (non-hydrogen) atoms. The molecule has 3 heteroatoms. The minimum atomic E-state index is -0.0662. The standard InChI is InChI=1S/C17H28BrNO/c1-6-11-19-16(9-10-17(3,4)20-5)14-8-7-13(2)12-15(14)18/h7-8,12,16,19H,6,9-11H2,1-5H3. The van der Waals surface area contributed by atoms with Crippen molar-refractivity contribution in [2.24, 2.45) is 0 Å². The Morgan fingerprint density at radius 2 is 2.05 bits per heavy atom. The molecule has 1 unspecified atom stereocenters. The maximum atomic E-state index is 5.54. The first-order valence-corrected chi connectivity index (χ1v) is 8.23. The highest BCUT2D eigenvalue weighted by Crippen LogP contribution is 2.30. The van der Waals surface area contributed by atoms with Gasteiger partial charge in [-0.1, -0.05) is 35.0 Å². The normalized spacial score (nSPS) is 13.5. The Morgan fingerprint density at radius 3 is 2.60 bits per heavy atom. The average Bonchev–Trinajstić information content (AvgIpc) is 2.40. The molecule has 0 heterocycles. The van der Waals surface area contributed by atoms with Crippen LogP contribution in [-0.4, -0.2) is 19.3 Å². The summed E-state index contributed by atoms with van der Waals surface area (Å²) in [4.78, 5) is 0. The van der Waals surface area contributed by atoms with E-state index >= 15 is 0 Å². The summed E-state index contributed by atoms with van der Waals surface area (Å²) in [6.45, 7) is 9.66. The summed E-state index contributed by atoms with van der Waals surface area (Å²) in [5.74, 6) is 0. The van der Waals surface area contributed by atoms with E-state index in [0.29, 0.717) is 6.04 Å². The number of nitrogens with one attached hydrogen (secondary N) is 1. The molecular formula is C17H28BrNO. The summed E-state index contributed by atoms with van der Waals surface area (Å²) in [6, 6.07) is 6.98. The first-order chi connectivity index (χ1) is 9.39. The molecule has 0 amide bonds. The lowest BCUT2D eigenvalue weighted by atomic mass is 9.94. The van der Waals surface area contributed by atoms with E-state index in [1.807, 2.05) is 0 Å². The van der Waals surface area contributed by atoms with Gasteiger partial charge in [0.2, 0.25) is 0 Å². The van der Waals surface area contributed by atoms with E-state index < -0.39 is 0 Å². The van der Waals surface area contributed by atoms with E-state index in [1.165, 1.54) is 15.6 Å². The van der Waals surface area contributed by atoms with Crippen molar-refractivity contribution in [3.05, 3.63) is 33.8 Å². The van der Waals surface area contributed by atoms with Gasteiger partial charge in [0.25, 0.3) is 0 Å². The summed E-state index contributed by atoms with van der Waals surface area (Å²) < 4.78 is 6.73. The van der Waals surface area contributed by atoms with Gasteiger partial charge in [-0.2, -0.15) is 0 Å². The van der Waals surface area contributed by atoms with Crippen LogP contribution in [0.3, 0.4) is 0 Å². The van der Waals surface area contributed by atoms with Crippen molar-refractivity contribution >= 4 is 15.9 Å². The van der Waals surface area contributed by atoms with Crippen molar-refractivity contribution in [3.63, 3.8) is 0 Å². The summed E-state index contributed by atoms with van der Waals surface area (Å²) in [7, 11) is 1.79. The summed E-state index contributed by atoms with van der Waals surface area (Å²) in [6.07, 6.45) is 3.25. The first-order valence-electron chi connectivity index (χ1n) is 7.44. The third-order valence-corrected chi connectivity index (χ3v) is 4.45. The van der Waals surface area contributed by atoms with Crippen LogP contribution in [-0.2, 0) is 4.74 Å². The van der Waals surface area contributed by atoms with Crippen LogP contribution in [0, 0.1) is 6.92 Å². The van der Waals surface area contributed by atoms with E-state index in [9.17, 15) is 0 Å². The van der Waals surface area contributed by atoms with E-state index in [1.54, 1.807) is 7.11 Å². The fourth-order valence-corrected chi connectivity index (χ4v) is 2.96. The number of hydrogen-bond acceptors (Lipinski definition) is 2. The molecule has 0 aliphatic heterocycles. The Kier molecular flexibility index (Phi) is 7.21. The van der Waals surface area contributed by atoms with Gasteiger partial charge in [-0.25, -0.2) is 0 Å². The Labute approximate surface area is 132 Å². The number of aryl methyl sites for hydroxylation is 1. The molecule has 1 atom stereocenters. The molecule has 0 radical (unpaired) electrons. The fraction of sp³-hybridized carbons (Fsp3) is 0.647. The van der Waals surface area contributed by atoms with Crippen LogP contribution >= 0.6 is 15.9 Å². The lowest BCUT2D eigenvalue weighted by Crippen LogP contribution is -2.28. The van der Waals surface area contributed by atoms with Gasteiger partial charge in [0.1, 0.15) is 0 Å². The van der Waals surface area contributed by atoms with Crippen LogP contribution in [0.15, 0.2) is 22.7 Å². The number of rotatable bonds is 8. The van der Waals surface area contributed by atoms with Gasteiger partial charge in [-0.15, -0.1) is 0 Å². The molecule has 1 aromatic rings. The highest BCUT2D eigenvalue weighted by molar-refractivity contribution is 9.10. The smallest absolute Gasteiger partial charge is 0.0623 e. The third kappa shape index (κ3) is 5.55. The van der Waals surface area contributed by atoms with Gasteiger partial charge in [-0.05, 0) is 63.8 Å². The van der Waals surface area contributed by atoms with Gasteiger partial charge in [0.15, 0.2) is 0 Å². The molecule has 2 nitrogen and oxygen atoms in total. The van der Waals surface area contributed by atoms with Crippen LogP contribution in [0.1, 0.15) is 57.2 Å². The highest BCUT2D eigenvalue weighted by atomic mass is 79.9. The predicted octanol–water partition coefficient (Wildman–Crippen LogP) is 5.00. The van der Waals surface area contributed by atoms with Crippen molar-refractivity contribution in [1.29, 1.82) is 0 Å². The Bertz CT molecular complexity index is 417. The molecule has 1 aromatic carbocycles. The zero-order chi connectivity index (χ0) is 15.2. The van der Waals surface area contributed by atoms with Crippen LogP contribution in [0.4, 0.5) is 0 Å². The molecule has 0 aromatic heterocycles. The maximum Gasteiger partial charge on any atom is 0.0623 e. The van der Waals surface area contributed by atoms with Gasteiger partial charge in [0, 0.05) is 17.6 Å². The zero-order valence-electron chi connectivity index (χ0n) is 13.4. The minimum Gasteiger partial charge on any atom is -0.379 e. The lowest BCUT2D eigenvalue weighted by molar-refractivity contribution is 0.0116. The number of halogens is 1. The maximum absolute atomic E-state index is 5.54. The Hall–Kier alpha value is -0.380. The van der Waals surface area contributed by atoms with E-state index in [2.05, 4.69) is 67.1 Å². The average molecular weight is 342 g/mol. The molecule has 0 aliphatic rings. The molecule has 0 saturated heterocycles. The van der Waals surface area contributed by atoms with Crippen molar-refractivity contribution < 1.29 is 4.74 Å². The van der Waals surface area contributed by atoms with Gasteiger partial charge < -0.3 is 10.1 Å². The molecular weight excluding hydrogens is 314 g/mol. The van der Waals surface area contributed by atoms with Gasteiger partial charge in [0.05, 0.1) is 5.60 Å². The number of benzene rings is 1. The summed E-state index contributed by atoms with van der Waals surface area (Å²) >= 11 is 3.71. The lowest BCUT2D eigenvalue weighted by Gasteiger charge is -2.27. The highest BCUT2D eigenvalue weighted by Gasteiger charge is 2.21. The van der Waals surface area contributed by atoms with Crippen LogP contribution < -0.4 is 5.32 Å². The summed E-state index contributed by atoms with van der Waals surface area (Å²) in [5.41, 5.74) is 2.56. The molecule has 1 N–H and O–H groups in total. The molecule has 114 valence electrons. The van der Waals surface area contributed by atoms with Gasteiger partial charge in [-0.3, -0.25) is 0 Å². The molecule has 0 spiro atoms. The topological polar surface area (TPSA) is 21.3 Å². The van der Waals surface area contributed by atoms with E-state index in [-0.39, 0.29) is 5.60 Å². The van der Waals surface area contributed by atoms with Gasteiger partial charge >= 0.3 is 0 Å². The molecule has 0 fully saturated rings. The van der Waals surface area contributed by atoms with Crippen molar-refractivity contribution in [1.82, 2.24) is 5.32 Å². The minimum absolute atomic E-state index is 0.0662. The largest absolute Gasteiger partial charge is 0.379 e. The predicted molar refractivity (Wildman–Crippen MR) is 90.2 cm³/mol. The SMILES string of the molecule is CCCNC(CCC(C)(C)OC)c1ccc(C)cc1Br. The molecule has 0 saturated carbocycles. The van der Waals surface area contributed by atoms with E-state index in [0.717, 1.165) is 25.8 Å². The van der Waals surface area contributed by atoms with Crippen LogP contribution in [0.2, 0.25) is 0 Å².